The van der Waals surface area contributed by atoms with Crippen LogP contribution >= 0.6 is 0 Å². The number of carbonyl (C=O) groups is 3. The summed E-state index contributed by atoms with van der Waals surface area (Å²) in [7, 11) is 0. The highest BCUT2D eigenvalue weighted by atomic mass is 16.6. The van der Waals surface area contributed by atoms with E-state index in [-0.39, 0.29) is 19.2 Å². The zero-order chi connectivity index (χ0) is 18.9. The molecule has 1 heterocycles. The number of nitrogens with zero attached hydrogens (tertiary/aromatic N) is 1. The first kappa shape index (κ1) is 19.6. The molecule has 2 amide bonds. The smallest absolute Gasteiger partial charge is 0.344 e. The lowest BCUT2D eigenvalue weighted by atomic mass is 10.1. The highest BCUT2D eigenvalue weighted by Crippen LogP contribution is 2.16. The zero-order valence-corrected chi connectivity index (χ0v) is 14.8. The van der Waals surface area contributed by atoms with Gasteiger partial charge in [-0.3, -0.25) is 4.79 Å². The molecule has 1 fully saturated rings. The average Bonchev–Trinajstić information content (AvgIpc) is 3.12. The SMILES string of the molecule is CCOC(=O)COc1ccc(CCNC(=O)N2CCC(C(=O)O)C2)cc1. The van der Waals surface area contributed by atoms with Gasteiger partial charge in [0.1, 0.15) is 5.75 Å². The third-order valence-electron chi connectivity index (χ3n) is 4.10. The summed E-state index contributed by atoms with van der Waals surface area (Å²) in [5.74, 6) is -1.16. The van der Waals surface area contributed by atoms with Gasteiger partial charge in [0.15, 0.2) is 6.61 Å². The fraction of sp³-hybridized carbons (Fsp3) is 0.500. The van der Waals surface area contributed by atoms with Gasteiger partial charge in [-0.2, -0.15) is 0 Å². The standard InChI is InChI=1S/C18H24N2O6/c1-2-25-16(21)12-26-15-5-3-13(4-6-15)7-9-19-18(24)20-10-8-14(11-20)17(22)23/h3-6,14H,2,7-12H2,1H3,(H,19,24)(H,22,23). The lowest BCUT2D eigenvalue weighted by molar-refractivity contribution is -0.145. The van der Waals surface area contributed by atoms with Crippen molar-refractivity contribution < 1.29 is 29.0 Å². The summed E-state index contributed by atoms with van der Waals surface area (Å²) in [4.78, 5) is 35.7. The molecule has 1 atom stereocenters. The predicted octanol–water partition coefficient (Wildman–Crippen LogP) is 1.29. The Morgan fingerprint density at radius 3 is 2.62 bits per heavy atom. The average molecular weight is 364 g/mol. The van der Waals surface area contributed by atoms with E-state index in [0.717, 1.165) is 5.56 Å². The van der Waals surface area contributed by atoms with Crippen molar-refractivity contribution in [3.05, 3.63) is 29.8 Å². The van der Waals surface area contributed by atoms with Crippen LogP contribution in [0.25, 0.3) is 0 Å². The normalized spacial score (nSPS) is 16.2. The third-order valence-corrected chi connectivity index (χ3v) is 4.10. The molecular weight excluding hydrogens is 340 g/mol. The predicted molar refractivity (Wildman–Crippen MR) is 93.0 cm³/mol. The van der Waals surface area contributed by atoms with Crippen molar-refractivity contribution in [3.8, 4) is 5.75 Å². The van der Waals surface area contributed by atoms with Gasteiger partial charge >= 0.3 is 18.0 Å². The van der Waals surface area contributed by atoms with Crippen molar-refractivity contribution in [2.24, 2.45) is 5.92 Å². The molecule has 1 aliphatic rings. The van der Waals surface area contributed by atoms with Gasteiger partial charge in [-0.25, -0.2) is 9.59 Å². The van der Waals surface area contributed by atoms with E-state index in [1.165, 1.54) is 4.90 Å². The molecule has 8 heteroatoms. The van der Waals surface area contributed by atoms with E-state index in [1.807, 2.05) is 12.1 Å². The maximum absolute atomic E-state index is 12.0. The molecule has 0 radical (unpaired) electrons. The summed E-state index contributed by atoms with van der Waals surface area (Å²) in [6.07, 6.45) is 1.14. The number of carboxylic acid groups (broad SMARTS) is 1. The van der Waals surface area contributed by atoms with Gasteiger partial charge in [0, 0.05) is 19.6 Å². The molecule has 1 aromatic carbocycles. The number of aliphatic carboxylic acids is 1. The second-order valence-corrected chi connectivity index (χ2v) is 5.99. The number of hydrogen-bond acceptors (Lipinski definition) is 5. The number of urea groups is 1. The van der Waals surface area contributed by atoms with Gasteiger partial charge in [-0.15, -0.1) is 0 Å². The van der Waals surface area contributed by atoms with E-state index in [9.17, 15) is 14.4 Å². The third kappa shape index (κ3) is 5.94. The van der Waals surface area contributed by atoms with Gasteiger partial charge in [-0.05, 0) is 37.5 Å². The maximum atomic E-state index is 12.0. The van der Waals surface area contributed by atoms with Gasteiger partial charge in [0.25, 0.3) is 0 Å². The van der Waals surface area contributed by atoms with E-state index in [2.05, 4.69) is 5.32 Å². The number of nitrogens with one attached hydrogen (secondary N) is 1. The molecule has 2 rings (SSSR count). The number of benzene rings is 1. The van der Waals surface area contributed by atoms with Gasteiger partial charge < -0.3 is 24.8 Å². The van der Waals surface area contributed by atoms with Crippen LogP contribution in [-0.4, -0.2) is 60.8 Å². The molecule has 26 heavy (non-hydrogen) atoms. The highest BCUT2D eigenvalue weighted by molar-refractivity contribution is 5.77. The van der Waals surface area contributed by atoms with Crippen LogP contribution in [0.2, 0.25) is 0 Å². The molecule has 1 saturated heterocycles. The number of carbonyl (C=O) groups excluding carboxylic acids is 2. The molecule has 1 aromatic rings. The van der Waals surface area contributed by atoms with Crippen molar-refractivity contribution in [2.45, 2.75) is 19.8 Å². The second kappa shape index (κ2) is 9.65. The molecular formula is C18H24N2O6. The molecule has 1 unspecified atom stereocenters. The van der Waals surface area contributed by atoms with E-state index in [0.29, 0.717) is 38.3 Å². The summed E-state index contributed by atoms with van der Waals surface area (Å²) in [5.41, 5.74) is 1.01. The Morgan fingerprint density at radius 2 is 2.00 bits per heavy atom. The van der Waals surface area contributed by atoms with Crippen LogP contribution in [0.4, 0.5) is 4.79 Å². The highest BCUT2D eigenvalue weighted by Gasteiger charge is 2.30. The molecule has 2 N–H and O–H groups in total. The fourth-order valence-corrected chi connectivity index (χ4v) is 2.67. The molecule has 142 valence electrons. The molecule has 8 nitrogen and oxygen atoms in total. The molecule has 0 spiro atoms. The number of esters is 1. The Bertz CT molecular complexity index is 631. The van der Waals surface area contributed by atoms with Crippen LogP contribution < -0.4 is 10.1 Å². The number of hydrogen-bond donors (Lipinski definition) is 2. The largest absolute Gasteiger partial charge is 0.482 e. The Hall–Kier alpha value is -2.77. The van der Waals surface area contributed by atoms with Crippen molar-refractivity contribution in [3.63, 3.8) is 0 Å². The van der Waals surface area contributed by atoms with Crippen LogP contribution in [0.5, 0.6) is 5.75 Å². The van der Waals surface area contributed by atoms with Crippen molar-refractivity contribution >= 4 is 18.0 Å². The number of likely N-dealkylation sites (tertiary alicyclic amines) is 1. The summed E-state index contributed by atoms with van der Waals surface area (Å²) in [6, 6.07) is 7.01. The number of ether oxygens (including phenoxy) is 2. The summed E-state index contributed by atoms with van der Waals surface area (Å²) in [6.45, 7) is 3.11. The van der Waals surface area contributed by atoms with Crippen LogP contribution in [0.3, 0.4) is 0 Å². The lowest BCUT2D eigenvalue weighted by Gasteiger charge is -2.16. The Balaban J connectivity index is 1.69. The monoisotopic (exact) mass is 364 g/mol. The van der Waals surface area contributed by atoms with Crippen LogP contribution in [0, 0.1) is 5.92 Å². The first-order valence-electron chi connectivity index (χ1n) is 8.62. The first-order valence-corrected chi connectivity index (χ1v) is 8.62. The minimum Gasteiger partial charge on any atom is -0.482 e. The van der Waals surface area contributed by atoms with Crippen LogP contribution in [-0.2, 0) is 20.7 Å². The van der Waals surface area contributed by atoms with E-state index in [4.69, 9.17) is 14.6 Å². The molecule has 0 aliphatic carbocycles. The number of rotatable bonds is 8. The minimum atomic E-state index is -0.856. The van der Waals surface area contributed by atoms with Crippen molar-refractivity contribution in [1.82, 2.24) is 10.2 Å². The second-order valence-electron chi connectivity index (χ2n) is 5.99. The number of amides is 2. The van der Waals surface area contributed by atoms with Gasteiger partial charge in [0.05, 0.1) is 12.5 Å². The molecule has 0 bridgehead atoms. The summed E-state index contributed by atoms with van der Waals surface area (Å²) >= 11 is 0. The van der Waals surface area contributed by atoms with E-state index in [1.54, 1.807) is 19.1 Å². The minimum absolute atomic E-state index is 0.129. The topological polar surface area (TPSA) is 105 Å². The van der Waals surface area contributed by atoms with Crippen molar-refractivity contribution in [1.29, 1.82) is 0 Å². The Morgan fingerprint density at radius 1 is 1.27 bits per heavy atom. The summed E-state index contributed by atoms with van der Waals surface area (Å²) in [5, 5.41) is 11.8. The molecule has 0 aromatic heterocycles. The quantitative estimate of drug-likeness (QED) is 0.674. The molecule has 0 saturated carbocycles. The first-order chi connectivity index (χ1) is 12.5. The number of carboxylic acids is 1. The van der Waals surface area contributed by atoms with Crippen LogP contribution in [0.15, 0.2) is 24.3 Å². The summed E-state index contributed by atoms with van der Waals surface area (Å²) < 4.78 is 10.1. The Labute approximate surface area is 152 Å². The van der Waals surface area contributed by atoms with Crippen molar-refractivity contribution in [2.75, 3.05) is 32.8 Å². The van der Waals surface area contributed by atoms with E-state index >= 15 is 0 Å². The van der Waals surface area contributed by atoms with Gasteiger partial charge in [-0.1, -0.05) is 12.1 Å². The maximum Gasteiger partial charge on any atom is 0.344 e. The van der Waals surface area contributed by atoms with Crippen LogP contribution in [0.1, 0.15) is 18.9 Å². The fourth-order valence-electron chi connectivity index (χ4n) is 2.67. The van der Waals surface area contributed by atoms with E-state index < -0.39 is 17.9 Å². The lowest BCUT2D eigenvalue weighted by Crippen LogP contribution is -2.39. The molecule has 1 aliphatic heterocycles. The van der Waals surface area contributed by atoms with Gasteiger partial charge in [0.2, 0.25) is 0 Å². The zero-order valence-electron chi connectivity index (χ0n) is 14.8. The Kier molecular flexibility index (Phi) is 7.25.